The molecule has 0 unspecified atom stereocenters. The molecule has 104 valence electrons. The van der Waals surface area contributed by atoms with Crippen LogP contribution in [0.5, 0.6) is 5.75 Å². The Kier molecular flexibility index (Phi) is 3.18. The molecule has 0 fully saturated rings. The summed E-state index contributed by atoms with van der Waals surface area (Å²) in [6, 6.07) is 7.96. The highest BCUT2D eigenvalue weighted by molar-refractivity contribution is 5.78. The SMILES string of the molecule is CC(C)NC(=O)Cn1ncc2c1-c1ccccc1OC2. The number of para-hydroxylation sites is 1. The van der Waals surface area contributed by atoms with Crippen molar-refractivity contribution in [2.75, 3.05) is 0 Å². The van der Waals surface area contributed by atoms with E-state index < -0.39 is 0 Å². The van der Waals surface area contributed by atoms with Gasteiger partial charge >= 0.3 is 0 Å². The molecule has 3 rings (SSSR count). The van der Waals surface area contributed by atoms with Crippen LogP contribution in [0.1, 0.15) is 19.4 Å². The van der Waals surface area contributed by atoms with Gasteiger partial charge in [0, 0.05) is 17.2 Å². The lowest BCUT2D eigenvalue weighted by Gasteiger charge is -2.19. The van der Waals surface area contributed by atoms with E-state index in [9.17, 15) is 4.79 Å². The van der Waals surface area contributed by atoms with Gasteiger partial charge in [-0.3, -0.25) is 9.48 Å². The van der Waals surface area contributed by atoms with Crippen LogP contribution in [-0.2, 0) is 17.9 Å². The number of fused-ring (bicyclic) bond motifs is 3. The standard InChI is InChI=1S/C15H17N3O2/c1-10(2)17-14(19)8-18-15-11(7-16-18)9-20-13-6-4-3-5-12(13)15/h3-7,10H,8-9H2,1-2H3,(H,17,19). The highest BCUT2D eigenvalue weighted by Crippen LogP contribution is 2.36. The maximum atomic E-state index is 11.9. The van der Waals surface area contributed by atoms with Gasteiger partial charge in [0.25, 0.3) is 0 Å². The smallest absolute Gasteiger partial charge is 0.241 e. The average molecular weight is 271 g/mol. The maximum Gasteiger partial charge on any atom is 0.241 e. The third-order valence-electron chi connectivity index (χ3n) is 3.18. The molecule has 1 aromatic carbocycles. The fourth-order valence-corrected chi connectivity index (χ4v) is 2.41. The molecule has 1 N–H and O–H groups in total. The van der Waals surface area contributed by atoms with Gasteiger partial charge in [-0.15, -0.1) is 0 Å². The third-order valence-corrected chi connectivity index (χ3v) is 3.18. The molecule has 0 spiro atoms. The fraction of sp³-hybridized carbons (Fsp3) is 0.333. The molecular weight excluding hydrogens is 254 g/mol. The van der Waals surface area contributed by atoms with Crippen LogP contribution in [0.25, 0.3) is 11.3 Å². The Bertz CT molecular complexity index is 646. The van der Waals surface area contributed by atoms with Crippen molar-refractivity contribution < 1.29 is 9.53 Å². The Morgan fingerprint density at radius 1 is 1.45 bits per heavy atom. The zero-order valence-corrected chi connectivity index (χ0v) is 11.6. The van der Waals surface area contributed by atoms with Gasteiger partial charge in [-0.05, 0) is 26.0 Å². The van der Waals surface area contributed by atoms with E-state index in [1.165, 1.54) is 0 Å². The predicted octanol–water partition coefficient (Wildman–Crippen LogP) is 1.97. The summed E-state index contributed by atoms with van der Waals surface area (Å²) in [4.78, 5) is 11.9. The number of amides is 1. The summed E-state index contributed by atoms with van der Waals surface area (Å²) < 4.78 is 7.42. The monoisotopic (exact) mass is 271 g/mol. The van der Waals surface area contributed by atoms with E-state index >= 15 is 0 Å². The first kappa shape index (κ1) is 12.7. The summed E-state index contributed by atoms with van der Waals surface area (Å²) in [5.74, 6) is 0.806. The summed E-state index contributed by atoms with van der Waals surface area (Å²) in [5, 5.41) is 7.20. The first-order chi connectivity index (χ1) is 9.65. The highest BCUT2D eigenvalue weighted by atomic mass is 16.5. The number of hydrogen-bond donors (Lipinski definition) is 1. The molecule has 2 heterocycles. The fourth-order valence-electron chi connectivity index (χ4n) is 2.41. The zero-order chi connectivity index (χ0) is 14.1. The van der Waals surface area contributed by atoms with Crippen molar-refractivity contribution in [3.63, 3.8) is 0 Å². The highest BCUT2D eigenvalue weighted by Gasteiger charge is 2.22. The second-order valence-corrected chi connectivity index (χ2v) is 5.18. The van der Waals surface area contributed by atoms with Gasteiger partial charge in [0.2, 0.25) is 5.91 Å². The predicted molar refractivity (Wildman–Crippen MR) is 75.3 cm³/mol. The van der Waals surface area contributed by atoms with E-state index in [4.69, 9.17) is 4.74 Å². The van der Waals surface area contributed by atoms with Crippen LogP contribution in [0.3, 0.4) is 0 Å². The zero-order valence-electron chi connectivity index (χ0n) is 11.6. The number of ether oxygens (including phenoxy) is 1. The Hall–Kier alpha value is -2.30. The van der Waals surface area contributed by atoms with Gasteiger partial charge < -0.3 is 10.1 Å². The Morgan fingerprint density at radius 3 is 3.05 bits per heavy atom. The minimum atomic E-state index is -0.0325. The lowest BCUT2D eigenvalue weighted by Crippen LogP contribution is -2.33. The van der Waals surface area contributed by atoms with E-state index in [1.807, 2.05) is 38.1 Å². The lowest BCUT2D eigenvalue weighted by molar-refractivity contribution is -0.122. The molecule has 0 bridgehead atoms. The number of rotatable bonds is 3. The average Bonchev–Trinajstić information content (AvgIpc) is 2.81. The van der Waals surface area contributed by atoms with Crippen LogP contribution >= 0.6 is 0 Å². The number of nitrogens with one attached hydrogen (secondary N) is 1. The number of hydrogen-bond acceptors (Lipinski definition) is 3. The Labute approximate surface area is 117 Å². The molecule has 0 saturated heterocycles. The largest absolute Gasteiger partial charge is 0.488 e. The van der Waals surface area contributed by atoms with Crippen LogP contribution in [0, 0.1) is 0 Å². The van der Waals surface area contributed by atoms with Crippen molar-refractivity contribution >= 4 is 5.91 Å². The summed E-state index contributed by atoms with van der Waals surface area (Å²) in [6.07, 6.45) is 1.77. The quantitative estimate of drug-likeness (QED) is 0.928. The molecule has 1 amide bonds. The number of nitrogens with zero attached hydrogens (tertiary/aromatic N) is 2. The molecule has 20 heavy (non-hydrogen) atoms. The van der Waals surface area contributed by atoms with Crippen molar-refractivity contribution in [2.45, 2.75) is 33.0 Å². The molecular formula is C15H17N3O2. The summed E-state index contributed by atoms with van der Waals surface area (Å²) >= 11 is 0. The van der Waals surface area contributed by atoms with Gasteiger partial charge in [-0.1, -0.05) is 12.1 Å². The van der Waals surface area contributed by atoms with Crippen LogP contribution in [-0.4, -0.2) is 21.7 Å². The van der Waals surface area contributed by atoms with E-state index in [0.717, 1.165) is 22.6 Å². The Morgan fingerprint density at radius 2 is 2.25 bits per heavy atom. The first-order valence-electron chi connectivity index (χ1n) is 6.71. The summed E-state index contributed by atoms with van der Waals surface area (Å²) in [5.41, 5.74) is 2.98. The summed E-state index contributed by atoms with van der Waals surface area (Å²) in [6.45, 7) is 4.61. The van der Waals surface area contributed by atoms with Gasteiger partial charge in [-0.2, -0.15) is 5.10 Å². The van der Waals surface area contributed by atoms with Crippen molar-refractivity contribution in [3.05, 3.63) is 36.0 Å². The molecule has 5 nitrogen and oxygen atoms in total. The van der Waals surface area contributed by atoms with E-state index in [2.05, 4.69) is 10.4 Å². The number of carbonyl (C=O) groups excluding carboxylic acids is 1. The minimum absolute atomic E-state index is 0.0325. The Balaban J connectivity index is 1.93. The first-order valence-corrected chi connectivity index (χ1v) is 6.71. The van der Waals surface area contributed by atoms with Crippen molar-refractivity contribution in [3.8, 4) is 17.0 Å². The second kappa shape index (κ2) is 5.00. The topological polar surface area (TPSA) is 56.2 Å². The van der Waals surface area contributed by atoms with E-state index in [1.54, 1.807) is 10.9 Å². The van der Waals surface area contributed by atoms with Gasteiger partial charge in [0.15, 0.2) is 0 Å². The van der Waals surface area contributed by atoms with Crippen LogP contribution in [0.2, 0.25) is 0 Å². The second-order valence-electron chi connectivity index (χ2n) is 5.18. The lowest BCUT2D eigenvalue weighted by atomic mass is 10.0. The molecule has 0 radical (unpaired) electrons. The van der Waals surface area contributed by atoms with E-state index in [-0.39, 0.29) is 18.5 Å². The van der Waals surface area contributed by atoms with Crippen molar-refractivity contribution in [1.29, 1.82) is 0 Å². The van der Waals surface area contributed by atoms with Crippen molar-refractivity contribution in [2.24, 2.45) is 0 Å². The third kappa shape index (κ3) is 2.27. The maximum absolute atomic E-state index is 11.9. The number of carbonyl (C=O) groups is 1. The molecule has 0 aliphatic carbocycles. The number of benzene rings is 1. The molecule has 5 heteroatoms. The van der Waals surface area contributed by atoms with Gasteiger partial charge in [-0.25, -0.2) is 0 Å². The van der Waals surface area contributed by atoms with Crippen LogP contribution in [0.4, 0.5) is 0 Å². The van der Waals surface area contributed by atoms with Crippen LogP contribution < -0.4 is 10.1 Å². The normalized spacial score (nSPS) is 12.6. The van der Waals surface area contributed by atoms with E-state index in [0.29, 0.717) is 6.61 Å². The molecule has 0 saturated carbocycles. The minimum Gasteiger partial charge on any atom is -0.488 e. The molecule has 2 aromatic rings. The van der Waals surface area contributed by atoms with Gasteiger partial charge in [0.05, 0.1) is 11.9 Å². The number of aromatic nitrogens is 2. The molecule has 1 aliphatic rings. The summed E-state index contributed by atoms with van der Waals surface area (Å²) in [7, 11) is 0. The van der Waals surface area contributed by atoms with Crippen LogP contribution in [0.15, 0.2) is 30.5 Å². The molecule has 1 aliphatic heterocycles. The van der Waals surface area contributed by atoms with Gasteiger partial charge in [0.1, 0.15) is 18.9 Å². The van der Waals surface area contributed by atoms with Crippen molar-refractivity contribution in [1.82, 2.24) is 15.1 Å². The molecule has 1 aromatic heterocycles. The molecule has 0 atom stereocenters.